The highest BCUT2D eigenvalue weighted by molar-refractivity contribution is 6.01. The van der Waals surface area contributed by atoms with Crippen LogP contribution in [0.5, 0.6) is 17.2 Å². The lowest BCUT2D eigenvalue weighted by molar-refractivity contribution is 0.237. The number of para-hydroxylation sites is 1. The molecule has 1 saturated heterocycles. The molecule has 1 aliphatic heterocycles. The third-order valence-corrected chi connectivity index (χ3v) is 6.31. The second kappa shape index (κ2) is 9.97. The fraction of sp³-hybridized carbons (Fsp3) is 0.241. The molecule has 1 aliphatic rings. The number of ether oxygens (including phenoxy) is 1. The van der Waals surface area contributed by atoms with Crippen molar-refractivity contribution in [3.05, 3.63) is 84.9 Å². The second-order valence-electron chi connectivity index (χ2n) is 8.64. The molecule has 1 fully saturated rings. The lowest BCUT2D eigenvalue weighted by Gasteiger charge is -2.27. The first-order valence-electron chi connectivity index (χ1n) is 11.8. The minimum absolute atomic E-state index is 0.254. The lowest BCUT2D eigenvalue weighted by Crippen LogP contribution is -2.33. The summed E-state index contributed by atoms with van der Waals surface area (Å²) in [5.74, 6) is 1.88. The minimum Gasteiger partial charge on any atom is -0.508 e. The predicted molar refractivity (Wildman–Crippen MR) is 136 cm³/mol. The molecule has 4 aromatic rings. The molecule has 0 aromatic heterocycles. The molecule has 33 heavy (non-hydrogen) atoms. The average Bonchev–Trinajstić information content (AvgIpc) is 2.86. The first kappa shape index (κ1) is 21.4. The summed E-state index contributed by atoms with van der Waals surface area (Å²) in [6.45, 7) is 4.27. The lowest BCUT2D eigenvalue weighted by atomic mass is 9.97. The van der Waals surface area contributed by atoms with Gasteiger partial charge in [-0.2, -0.15) is 0 Å². The molecule has 0 spiro atoms. The van der Waals surface area contributed by atoms with Crippen LogP contribution in [-0.4, -0.2) is 36.2 Å². The van der Waals surface area contributed by atoms with E-state index in [9.17, 15) is 5.11 Å². The normalized spacial score (nSPS) is 14.3. The molecule has 5 rings (SSSR count). The maximum atomic E-state index is 9.88. The molecule has 0 amide bonds. The quantitative estimate of drug-likeness (QED) is 0.329. The number of nitrogens with zero attached hydrogens (tertiary/aromatic N) is 1. The van der Waals surface area contributed by atoms with Gasteiger partial charge >= 0.3 is 0 Å². The van der Waals surface area contributed by atoms with E-state index in [1.807, 2.05) is 48.5 Å². The van der Waals surface area contributed by atoms with E-state index in [1.54, 1.807) is 12.1 Å². The van der Waals surface area contributed by atoms with Crippen LogP contribution in [-0.2, 0) is 0 Å². The Morgan fingerprint density at radius 1 is 0.818 bits per heavy atom. The Bertz CT molecular complexity index is 1200. The van der Waals surface area contributed by atoms with Crippen molar-refractivity contribution < 1.29 is 9.84 Å². The number of likely N-dealkylation sites (tertiary alicyclic amines) is 1. The van der Waals surface area contributed by atoms with Gasteiger partial charge in [-0.3, -0.25) is 0 Å². The zero-order valence-electron chi connectivity index (χ0n) is 18.8. The van der Waals surface area contributed by atoms with E-state index in [-0.39, 0.29) is 5.75 Å². The maximum absolute atomic E-state index is 9.88. The number of hydrogen-bond acceptors (Lipinski definition) is 4. The summed E-state index contributed by atoms with van der Waals surface area (Å²) in [4.78, 5) is 2.54. The van der Waals surface area contributed by atoms with Crippen LogP contribution in [0.4, 0.5) is 5.69 Å². The van der Waals surface area contributed by atoms with Gasteiger partial charge in [0.1, 0.15) is 17.2 Å². The van der Waals surface area contributed by atoms with Gasteiger partial charge in [0.2, 0.25) is 0 Å². The second-order valence-corrected chi connectivity index (χ2v) is 8.64. The Hall–Kier alpha value is -3.50. The highest BCUT2D eigenvalue weighted by atomic mass is 16.5. The van der Waals surface area contributed by atoms with Gasteiger partial charge in [-0.25, -0.2) is 0 Å². The summed E-state index contributed by atoms with van der Waals surface area (Å²) in [5, 5.41) is 15.8. The van der Waals surface area contributed by atoms with Crippen LogP contribution in [0.25, 0.3) is 21.9 Å². The number of fused-ring (bicyclic) bond motifs is 1. The van der Waals surface area contributed by atoms with Crippen LogP contribution in [0.3, 0.4) is 0 Å². The van der Waals surface area contributed by atoms with Crippen molar-refractivity contribution >= 4 is 16.5 Å². The van der Waals surface area contributed by atoms with Gasteiger partial charge in [-0.15, -0.1) is 0 Å². The van der Waals surface area contributed by atoms with Crippen molar-refractivity contribution in [2.24, 2.45) is 0 Å². The number of phenols is 1. The number of piperidine rings is 1. The van der Waals surface area contributed by atoms with Gasteiger partial charge in [-0.1, -0.05) is 61.0 Å². The van der Waals surface area contributed by atoms with Gasteiger partial charge in [0.05, 0.1) is 0 Å². The first-order chi connectivity index (χ1) is 16.3. The molecule has 4 nitrogen and oxygen atoms in total. The van der Waals surface area contributed by atoms with Gasteiger partial charge in [-0.05, 0) is 67.2 Å². The Balaban J connectivity index is 1.58. The van der Waals surface area contributed by atoms with Crippen LogP contribution in [0.2, 0.25) is 0 Å². The molecule has 168 valence electrons. The van der Waals surface area contributed by atoms with E-state index in [0.717, 1.165) is 52.2 Å². The number of anilines is 1. The third kappa shape index (κ3) is 4.96. The molecule has 2 N–H and O–H groups in total. The summed E-state index contributed by atoms with van der Waals surface area (Å²) in [7, 11) is 0. The molecule has 0 bridgehead atoms. The van der Waals surface area contributed by atoms with E-state index in [2.05, 4.69) is 34.5 Å². The van der Waals surface area contributed by atoms with E-state index < -0.39 is 0 Å². The fourth-order valence-electron chi connectivity index (χ4n) is 4.61. The van der Waals surface area contributed by atoms with Crippen LogP contribution in [0, 0.1) is 0 Å². The average molecular weight is 439 g/mol. The zero-order valence-corrected chi connectivity index (χ0v) is 18.8. The summed E-state index contributed by atoms with van der Waals surface area (Å²) >= 11 is 0. The van der Waals surface area contributed by atoms with Crippen LogP contribution in [0.15, 0.2) is 84.9 Å². The minimum atomic E-state index is 0.254. The van der Waals surface area contributed by atoms with E-state index in [4.69, 9.17) is 4.74 Å². The number of aromatic hydroxyl groups is 1. The van der Waals surface area contributed by atoms with E-state index in [0.29, 0.717) is 0 Å². The summed E-state index contributed by atoms with van der Waals surface area (Å²) in [6, 6.07) is 27.8. The summed E-state index contributed by atoms with van der Waals surface area (Å²) in [6.07, 6.45) is 3.94. The molecule has 0 aliphatic carbocycles. The Morgan fingerprint density at radius 2 is 1.55 bits per heavy atom. The first-order valence-corrected chi connectivity index (χ1v) is 11.8. The number of benzene rings is 4. The largest absolute Gasteiger partial charge is 0.508 e. The smallest absolute Gasteiger partial charge is 0.145 e. The standard InChI is InChI=1S/C29H30N2O2/c32-24-15-13-22(14-16-24)28-27(30-17-20-31-18-7-2-8-19-31)21-23-9-5-6-12-26(23)29(28)33-25-10-3-1-4-11-25/h1,3-6,9-16,21,30,32H,2,7-8,17-20H2. The maximum Gasteiger partial charge on any atom is 0.145 e. The van der Waals surface area contributed by atoms with Crippen molar-refractivity contribution in [3.63, 3.8) is 0 Å². The zero-order chi connectivity index (χ0) is 22.5. The highest BCUT2D eigenvalue weighted by Crippen LogP contribution is 2.45. The van der Waals surface area contributed by atoms with Crippen LogP contribution >= 0.6 is 0 Å². The summed E-state index contributed by atoms with van der Waals surface area (Å²) < 4.78 is 6.53. The van der Waals surface area contributed by atoms with Gasteiger partial charge < -0.3 is 20.1 Å². The Morgan fingerprint density at radius 3 is 2.33 bits per heavy atom. The van der Waals surface area contributed by atoms with Crippen molar-refractivity contribution in [2.45, 2.75) is 19.3 Å². The third-order valence-electron chi connectivity index (χ3n) is 6.31. The van der Waals surface area contributed by atoms with Crippen molar-refractivity contribution in [1.29, 1.82) is 0 Å². The molecular formula is C29H30N2O2. The number of nitrogens with one attached hydrogen (secondary N) is 1. The van der Waals surface area contributed by atoms with Crippen LogP contribution < -0.4 is 10.1 Å². The monoisotopic (exact) mass is 438 g/mol. The molecular weight excluding hydrogens is 408 g/mol. The highest BCUT2D eigenvalue weighted by Gasteiger charge is 2.18. The molecule has 0 atom stereocenters. The molecule has 0 saturated carbocycles. The van der Waals surface area contributed by atoms with Crippen molar-refractivity contribution in [3.8, 4) is 28.4 Å². The SMILES string of the molecule is Oc1ccc(-c2c(NCCN3CCCCC3)cc3ccccc3c2Oc2ccccc2)cc1. The van der Waals surface area contributed by atoms with Gasteiger partial charge in [0.15, 0.2) is 0 Å². The Labute approximate surface area is 195 Å². The molecule has 1 heterocycles. The van der Waals surface area contributed by atoms with Gasteiger partial charge in [0.25, 0.3) is 0 Å². The van der Waals surface area contributed by atoms with E-state index in [1.165, 1.54) is 32.4 Å². The van der Waals surface area contributed by atoms with Gasteiger partial charge in [0, 0.05) is 29.7 Å². The van der Waals surface area contributed by atoms with Crippen molar-refractivity contribution in [2.75, 3.05) is 31.5 Å². The topological polar surface area (TPSA) is 44.7 Å². The molecule has 4 aromatic carbocycles. The Kier molecular flexibility index (Phi) is 6.45. The molecule has 4 heteroatoms. The van der Waals surface area contributed by atoms with Crippen molar-refractivity contribution in [1.82, 2.24) is 4.90 Å². The van der Waals surface area contributed by atoms with E-state index >= 15 is 0 Å². The number of phenolic OH excluding ortho intramolecular Hbond substituents is 1. The van der Waals surface area contributed by atoms with Crippen LogP contribution in [0.1, 0.15) is 19.3 Å². The predicted octanol–water partition coefficient (Wildman–Crippen LogP) is 6.90. The fourth-order valence-corrected chi connectivity index (χ4v) is 4.61. The number of hydrogen-bond donors (Lipinski definition) is 2. The number of rotatable bonds is 7. The summed E-state index contributed by atoms with van der Waals surface area (Å²) in [5.41, 5.74) is 3.06. The molecule has 0 radical (unpaired) electrons. The molecule has 0 unspecified atom stereocenters.